The van der Waals surface area contributed by atoms with Crippen LogP contribution in [0.1, 0.15) is 52.9 Å². The van der Waals surface area contributed by atoms with E-state index < -0.39 is 0 Å². The van der Waals surface area contributed by atoms with E-state index >= 15 is 0 Å². The van der Waals surface area contributed by atoms with E-state index in [1.54, 1.807) is 0 Å². The zero-order valence-electron chi connectivity index (χ0n) is 11.9. The highest BCUT2D eigenvalue weighted by Crippen LogP contribution is 2.35. The molecule has 0 amide bonds. The molecule has 1 saturated heterocycles. The third kappa shape index (κ3) is 3.03. The van der Waals surface area contributed by atoms with Crippen molar-refractivity contribution in [2.75, 3.05) is 13.1 Å². The Bertz CT molecular complexity index is 221. The summed E-state index contributed by atoms with van der Waals surface area (Å²) in [6.07, 6.45) is 6.93. The molecule has 2 heteroatoms. The molecule has 0 aromatic carbocycles. The fourth-order valence-corrected chi connectivity index (χ4v) is 4.13. The van der Waals surface area contributed by atoms with Crippen LogP contribution in [0.25, 0.3) is 0 Å². The van der Waals surface area contributed by atoms with Gasteiger partial charge in [0.1, 0.15) is 0 Å². The Labute approximate surface area is 107 Å². The summed E-state index contributed by atoms with van der Waals surface area (Å²) < 4.78 is 0. The number of nitrogens with two attached hydrogens (primary N) is 1. The molecular weight excluding hydrogens is 208 g/mol. The number of likely N-dealkylation sites (tertiary alicyclic amines) is 1. The molecule has 0 aromatic rings. The Balaban J connectivity index is 1.90. The summed E-state index contributed by atoms with van der Waals surface area (Å²) in [7, 11) is 0. The Morgan fingerprint density at radius 1 is 1.00 bits per heavy atom. The van der Waals surface area contributed by atoms with E-state index in [0.717, 1.165) is 23.8 Å². The van der Waals surface area contributed by atoms with Crippen LogP contribution in [-0.4, -0.2) is 30.1 Å². The van der Waals surface area contributed by atoms with Crippen LogP contribution in [-0.2, 0) is 0 Å². The summed E-state index contributed by atoms with van der Waals surface area (Å²) in [5.41, 5.74) is 6.03. The predicted molar refractivity (Wildman–Crippen MR) is 73.9 cm³/mol. The SMILES string of the molecule is CC(N)C1CCN(C2C(C)CCCC2C)CC1. The lowest BCUT2D eigenvalue weighted by molar-refractivity contribution is 0.0384. The molecule has 3 atom stereocenters. The van der Waals surface area contributed by atoms with Gasteiger partial charge in [-0.05, 0) is 63.5 Å². The van der Waals surface area contributed by atoms with Crippen molar-refractivity contribution in [3.8, 4) is 0 Å². The van der Waals surface area contributed by atoms with Crippen molar-refractivity contribution >= 4 is 0 Å². The maximum atomic E-state index is 6.03. The van der Waals surface area contributed by atoms with E-state index in [-0.39, 0.29) is 0 Å². The number of hydrogen-bond donors (Lipinski definition) is 1. The van der Waals surface area contributed by atoms with Crippen LogP contribution in [0.15, 0.2) is 0 Å². The van der Waals surface area contributed by atoms with Gasteiger partial charge in [-0.2, -0.15) is 0 Å². The second kappa shape index (κ2) is 5.71. The second-order valence-electron chi connectivity index (χ2n) is 6.61. The lowest BCUT2D eigenvalue weighted by Gasteiger charge is -2.46. The number of hydrogen-bond acceptors (Lipinski definition) is 2. The number of rotatable bonds is 2. The summed E-state index contributed by atoms with van der Waals surface area (Å²) in [5.74, 6) is 2.55. The van der Waals surface area contributed by atoms with Crippen molar-refractivity contribution in [2.45, 2.75) is 65.0 Å². The Kier molecular flexibility index (Phi) is 4.48. The molecule has 2 fully saturated rings. The highest BCUT2D eigenvalue weighted by Gasteiger charge is 2.34. The average Bonchev–Trinajstić information content (AvgIpc) is 2.29. The highest BCUT2D eigenvalue weighted by molar-refractivity contribution is 4.89. The lowest BCUT2D eigenvalue weighted by Crippen LogP contribution is -2.50. The first-order chi connectivity index (χ1) is 8.09. The van der Waals surface area contributed by atoms with Gasteiger partial charge in [0.05, 0.1) is 0 Å². The molecule has 2 rings (SSSR count). The van der Waals surface area contributed by atoms with Gasteiger partial charge in [-0.25, -0.2) is 0 Å². The maximum Gasteiger partial charge on any atom is 0.0146 e. The van der Waals surface area contributed by atoms with E-state index in [1.165, 1.54) is 45.2 Å². The predicted octanol–water partition coefficient (Wildman–Crippen LogP) is 2.87. The zero-order chi connectivity index (χ0) is 12.4. The van der Waals surface area contributed by atoms with Gasteiger partial charge in [0.25, 0.3) is 0 Å². The van der Waals surface area contributed by atoms with Crippen molar-refractivity contribution in [1.29, 1.82) is 0 Å². The van der Waals surface area contributed by atoms with Crippen LogP contribution in [0.4, 0.5) is 0 Å². The van der Waals surface area contributed by atoms with Gasteiger partial charge < -0.3 is 5.73 Å². The molecule has 3 unspecified atom stereocenters. The summed E-state index contributed by atoms with van der Waals surface area (Å²) in [5, 5.41) is 0. The molecule has 2 N–H and O–H groups in total. The molecule has 100 valence electrons. The molecule has 0 bridgehead atoms. The molecule has 17 heavy (non-hydrogen) atoms. The number of piperidine rings is 1. The first-order valence-electron chi connectivity index (χ1n) is 7.59. The molecule has 2 aliphatic rings. The van der Waals surface area contributed by atoms with E-state index in [9.17, 15) is 0 Å². The highest BCUT2D eigenvalue weighted by atomic mass is 15.2. The fraction of sp³-hybridized carbons (Fsp3) is 1.00. The monoisotopic (exact) mass is 238 g/mol. The van der Waals surface area contributed by atoms with Crippen LogP contribution in [0.3, 0.4) is 0 Å². The van der Waals surface area contributed by atoms with E-state index in [0.29, 0.717) is 6.04 Å². The smallest absolute Gasteiger partial charge is 0.0146 e. The van der Waals surface area contributed by atoms with Gasteiger partial charge in [-0.15, -0.1) is 0 Å². The van der Waals surface area contributed by atoms with Gasteiger partial charge in [0.2, 0.25) is 0 Å². The summed E-state index contributed by atoms with van der Waals surface area (Å²) in [6.45, 7) is 9.65. The van der Waals surface area contributed by atoms with Crippen molar-refractivity contribution in [3.05, 3.63) is 0 Å². The minimum Gasteiger partial charge on any atom is -0.328 e. The van der Waals surface area contributed by atoms with Gasteiger partial charge in [0.15, 0.2) is 0 Å². The number of nitrogens with zero attached hydrogens (tertiary/aromatic N) is 1. The second-order valence-corrected chi connectivity index (χ2v) is 6.61. The largest absolute Gasteiger partial charge is 0.328 e. The van der Waals surface area contributed by atoms with Crippen molar-refractivity contribution < 1.29 is 0 Å². The standard InChI is InChI=1S/C15H30N2/c1-11-5-4-6-12(2)15(11)17-9-7-14(8-10-17)13(3)16/h11-15H,4-10,16H2,1-3H3. The van der Waals surface area contributed by atoms with Crippen LogP contribution < -0.4 is 5.73 Å². The van der Waals surface area contributed by atoms with E-state index in [1.807, 2.05) is 0 Å². The minimum atomic E-state index is 0.387. The van der Waals surface area contributed by atoms with Gasteiger partial charge in [0, 0.05) is 12.1 Å². The van der Waals surface area contributed by atoms with Crippen LogP contribution in [0, 0.1) is 17.8 Å². The molecular formula is C15H30N2. The quantitative estimate of drug-likeness (QED) is 0.801. The summed E-state index contributed by atoms with van der Waals surface area (Å²) in [4.78, 5) is 2.77. The van der Waals surface area contributed by atoms with Crippen LogP contribution in [0.2, 0.25) is 0 Å². The van der Waals surface area contributed by atoms with Crippen LogP contribution in [0.5, 0.6) is 0 Å². The molecule has 0 spiro atoms. The van der Waals surface area contributed by atoms with Crippen molar-refractivity contribution in [3.63, 3.8) is 0 Å². The molecule has 1 saturated carbocycles. The van der Waals surface area contributed by atoms with E-state index in [4.69, 9.17) is 5.73 Å². The molecule has 2 nitrogen and oxygen atoms in total. The molecule has 0 aromatic heterocycles. The average molecular weight is 238 g/mol. The third-order valence-corrected chi connectivity index (χ3v) is 5.22. The first kappa shape index (κ1) is 13.4. The normalized spacial score (nSPS) is 39.2. The summed E-state index contributed by atoms with van der Waals surface area (Å²) in [6, 6.07) is 1.23. The Morgan fingerprint density at radius 3 is 2.00 bits per heavy atom. The van der Waals surface area contributed by atoms with Gasteiger partial charge in [-0.1, -0.05) is 20.3 Å². The molecule has 1 aliphatic heterocycles. The lowest BCUT2D eigenvalue weighted by atomic mass is 9.76. The van der Waals surface area contributed by atoms with E-state index in [2.05, 4.69) is 25.7 Å². The molecule has 0 radical (unpaired) electrons. The van der Waals surface area contributed by atoms with Crippen LogP contribution >= 0.6 is 0 Å². The molecule has 1 aliphatic carbocycles. The van der Waals surface area contributed by atoms with Crippen molar-refractivity contribution in [2.24, 2.45) is 23.5 Å². The zero-order valence-corrected chi connectivity index (χ0v) is 11.9. The Hall–Kier alpha value is -0.0800. The first-order valence-corrected chi connectivity index (χ1v) is 7.59. The fourth-order valence-electron chi connectivity index (χ4n) is 4.13. The molecule has 1 heterocycles. The minimum absolute atomic E-state index is 0.387. The van der Waals surface area contributed by atoms with Crippen molar-refractivity contribution in [1.82, 2.24) is 4.90 Å². The Morgan fingerprint density at radius 2 is 1.53 bits per heavy atom. The van der Waals surface area contributed by atoms with Gasteiger partial charge >= 0.3 is 0 Å². The topological polar surface area (TPSA) is 29.3 Å². The third-order valence-electron chi connectivity index (χ3n) is 5.22. The summed E-state index contributed by atoms with van der Waals surface area (Å²) >= 11 is 0. The van der Waals surface area contributed by atoms with Gasteiger partial charge in [-0.3, -0.25) is 4.90 Å². The maximum absolute atomic E-state index is 6.03.